The predicted molar refractivity (Wildman–Crippen MR) is 73.2 cm³/mol. The summed E-state index contributed by atoms with van der Waals surface area (Å²) in [5.41, 5.74) is 6.52. The summed E-state index contributed by atoms with van der Waals surface area (Å²) in [4.78, 5) is 25.3. The molecule has 1 aliphatic heterocycles. The van der Waals surface area contributed by atoms with E-state index in [4.69, 9.17) is 5.73 Å². The van der Waals surface area contributed by atoms with Gasteiger partial charge in [0.2, 0.25) is 11.8 Å². The maximum atomic E-state index is 12.3. The van der Waals surface area contributed by atoms with E-state index in [-0.39, 0.29) is 11.8 Å². The molecule has 1 fully saturated rings. The molecular weight excluding hydrogens is 240 g/mol. The van der Waals surface area contributed by atoms with Gasteiger partial charge in [0.05, 0.1) is 0 Å². The third kappa shape index (κ3) is 2.95. The molecule has 0 spiro atoms. The lowest BCUT2D eigenvalue weighted by molar-refractivity contribution is -0.138. The van der Waals surface area contributed by atoms with Crippen LogP contribution in [0.5, 0.6) is 0 Å². The van der Waals surface area contributed by atoms with Gasteiger partial charge in [0.1, 0.15) is 6.04 Å². The van der Waals surface area contributed by atoms with E-state index in [0.29, 0.717) is 13.0 Å². The van der Waals surface area contributed by atoms with Crippen molar-refractivity contribution in [2.75, 3.05) is 6.54 Å². The second-order valence-electron chi connectivity index (χ2n) is 5.03. The maximum absolute atomic E-state index is 12.3. The summed E-state index contributed by atoms with van der Waals surface area (Å²) < 4.78 is 0. The van der Waals surface area contributed by atoms with Crippen LogP contribution in [0.1, 0.15) is 25.3 Å². The Balaban J connectivity index is 2.04. The van der Waals surface area contributed by atoms with Crippen LogP contribution < -0.4 is 5.73 Å². The Morgan fingerprint density at radius 1 is 1.42 bits per heavy atom. The van der Waals surface area contributed by atoms with Crippen LogP contribution in [0.3, 0.4) is 0 Å². The summed E-state index contributed by atoms with van der Waals surface area (Å²) in [6.07, 6.45) is 2.13. The van der Waals surface area contributed by atoms with Gasteiger partial charge in [0, 0.05) is 12.5 Å². The monoisotopic (exact) mass is 260 g/mol. The van der Waals surface area contributed by atoms with Gasteiger partial charge in [-0.15, -0.1) is 0 Å². The molecule has 4 nitrogen and oxygen atoms in total. The molecule has 4 heteroatoms. The van der Waals surface area contributed by atoms with Crippen molar-refractivity contribution < 1.29 is 9.59 Å². The van der Waals surface area contributed by atoms with E-state index in [1.165, 1.54) is 0 Å². The molecular formula is C15H20N2O2. The number of carbonyl (C=O) groups is 2. The van der Waals surface area contributed by atoms with Gasteiger partial charge in [-0.3, -0.25) is 9.59 Å². The highest BCUT2D eigenvalue weighted by Crippen LogP contribution is 2.24. The van der Waals surface area contributed by atoms with Crippen molar-refractivity contribution in [2.24, 2.45) is 11.7 Å². The molecule has 1 aromatic rings. The largest absolute Gasteiger partial charge is 0.368 e. The second kappa shape index (κ2) is 5.87. The molecule has 1 unspecified atom stereocenters. The van der Waals surface area contributed by atoms with Crippen LogP contribution in [0, 0.1) is 5.92 Å². The molecule has 0 radical (unpaired) electrons. The molecule has 0 aliphatic carbocycles. The molecule has 0 saturated carbocycles. The van der Waals surface area contributed by atoms with Gasteiger partial charge in [0.25, 0.3) is 0 Å². The molecule has 2 atom stereocenters. The van der Waals surface area contributed by atoms with Gasteiger partial charge in [-0.2, -0.15) is 0 Å². The standard InChI is InChI=1S/C15H20N2O2/c1-2-13(14(16)18)17-9-8-12(15(17)19)10-11-6-4-3-5-7-11/h3-7,12-13H,2,8-10H2,1H3,(H2,16,18)/t12?,13-/m1/s1. The summed E-state index contributed by atoms with van der Waals surface area (Å²) >= 11 is 0. The fraction of sp³-hybridized carbons (Fsp3) is 0.467. The average molecular weight is 260 g/mol. The van der Waals surface area contributed by atoms with Crippen molar-refractivity contribution in [3.63, 3.8) is 0 Å². The zero-order valence-corrected chi connectivity index (χ0v) is 11.2. The first kappa shape index (κ1) is 13.6. The molecule has 0 aromatic heterocycles. The minimum absolute atomic E-state index is 0.0178. The summed E-state index contributed by atoms with van der Waals surface area (Å²) in [6, 6.07) is 9.53. The van der Waals surface area contributed by atoms with Gasteiger partial charge < -0.3 is 10.6 Å². The fourth-order valence-corrected chi connectivity index (χ4v) is 2.74. The lowest BCUT2D eigenvalue weighted by Gasteiger charge is -2.24. The van der Waals surface area contributed by atoms with Gasteiger partial charge in [0.15, 0.2) is 0 Å². The van der Waals surface area contributed by atoms with E-state index in [1.807, 2.05) is 37.3 Å². The average Bonchev–Trinajstić information content (AvgIpc) is 2.74. The number of nitrogens with zero attached hydrogens (tertiary/aromatic N) is 1. The van der Waals surface area contributed by atoms with E-state index >= 15 is 0 Å². The third-order valence-corrected chi connectivity index (χ3v) is 3.77. The van der Waals surface area contributed by atoms with E-state index in [9.17, 15) is 9.59 Å². The Morgan fingerprint density at radius 2 is 2.11 bits per heavy atom. The van der Waals surface area contributed by atoms with Gasteiger partial charge in [-0.25, -0.2) is 0 Å². The summed E-state index contributed by atoms with van der Waals surface area (Å²) in [5.74, 6) is -0.360. The molecule has 2 rings (SSSR count). The number of primary amides is 1. The molecule has 1 aliphatic rings. The Kier molecular flexibility index (Phi) is 4.20. The Hall–Kier alpha value is -1.84. The molecule has 1 heterocycles. The minimum Gasteiger partial charge on any atom is -0.368 e. The number of hydrogen-bond donors (Lipinski definition) is 1. The molecule has 2 amide bonds. The second-order valence-corrected chi connectivity index (χ2v) is 5.03. The van der Waals surface area contributed by atoms with E-state index in [0.717, 1.165) is 18.4 Å². The van der Waals surface area contributed by atoms with Crippen LogP contribution in [-0.4, -0.2) is 29.3 Å². The Labute approximate surface area is 113 Å². The highest BCUT2D eigenvalue weighted by atomic mass is 16.2. The first-order valence-electron chi connectivity index (χ1n) is 6.77. The summed E-state index contributed by atoms with van der Waals surface area (Å²) in [5, 5.41) is 0. The first-order valence-corrected chi connectivity index (χ1v) is 6.77. The molecule has 0 bridgehead atoms. The summed E-state index contributed by atoms with van der Waals surface area (Å²) in [7, 11) is 0. The number of amides is 2. The van der Waals surface area contributed by atoms with Crippen molar-refractivity contribution in [3.05, 3.63) is 35.9 Å². The van der Waals surface area contributed by atoms with Crippen molar-refractivity contribution in [3.8, 4) is 0 Å². The highest BCUT2D eigenvalue weighted by Gasteiger charge is 2.37. The third-order valence-electron chi connectivity index (χ3n) is 3.77. The van der Waals surface area contributed by atoms with Crippen LogP contribution >= 0.6 is 0 Å². The summed E-state index contributed by atoms with van der Waals surface area (Å²) in [6.45, 7) is 2.52. The predicted octanol–water partition coefficient (Wildman–Crippen LogP) is 1.34. The van der Waals surface area contributed by atoms with Crippen molar-refractivity contribution in [1.82, 2.24) is 4.90 Å². The molecule has 19 heavy (non-hydrogen) atoms. The lowest BCUT2D eigenvalue weighted by atomic mass is 9.98. The fourth-order valence-electron chi connectivity index (χ4n) is 2.74. The normalized spacial score (nSPS) is 20.6. The van der Waals surface area contributed by atoms with Crippen molar-refractivity contribution in [2.45, 2.75) is 32.2 Å². The molecule has 1 aromatic carbocycles. The molecule has 102 valence electrons. The smallest absolute Gasteiger partial charge is 0.240 e. The van der Waals surface area contributed by atoms with E-state index < -0.39 is 11.9 Å². The number of hydrogen-bond acceptors (Lipinski definition) is 2. The van der Waals surface area contributed by atoms with Crippen LogP contribution in [0.2, 0.25) is 0 Å². The highest BCUT2D eigenvalue weighted by molar-refractivity contribution is 5.88. The lowest BCUT2D eigenvalue weighted by Crippen LogP contribution is -2.45. The number of carbonyl (C=O) groups excluding carboxylic acids is 2. The van der Waals surface area contributed by atoms with Gasteiger partial charge in [-0.05, 0) is 24.8 Å². The number of likely N-dealkylation sites (tertiary alicyclic amines) is 1. The molecule has 1 saturated heterocycles. The zero-order valence-electron chi connectivity index (χ0n) is 11.2. The number of rotatable bonds is 5. The maximum Gasteiger partial charge on any atom is 0.240 e. The Bertz CT molecular complexity index is 458. The topological polar surface area (TPSA) is 63.4 Å². The van der Waals surface area contributed by atoms with E-state index in [2.05, 4.69) is 0 Å². The SMILES string of the molecule is CC[C@H](C(N)=O)N1CCC(Cc2ccccc2)C1=O. The van der Waals surface area contributed by atoms with Crippen molar-refractivity contribution >= 4 is 11.8 Å². The van der Waals surface area contributed by atoms with E-state index in [1.54, 1.807) is 4.90 Å². The van der Waals surface area contributed by atoms with Gasteiger partial charge >= 0.3 is 0 Å². The first-order chi connectivity index (χ1) is 9.13. The van der Waals surface area contributed by atoms with Crippen LogP contribution in [-0.2, 0) is 16.0 Å². The Morgan fingerprint density at radius 3 is 2.68 bits per heavy atom. The number of nitrogens with two attached hydrogens (primary N) is 1. The molecule has 2 N–H and O–H groups in total. The van der Waals surface area contributed by atoms with Gasteiger partial charge in [-0.1, -0.05) is 37.3 Å². The van der Waals surface area contributed by atoms with Crippen LogP contribution in [0.15, 0.2) is 30.3 Å². The number of benzene rings is 1. The van der Waals surface area contributed by atoms with Crippen molar-refractivity contribution in [1.29, 1.82) is 0 Å². The minimum atomic E-state index is -0.451. The van der Waals surface area contributed by atoms with Crippen LogP contribution in [0.4, 0.5) is 0 Å². The zero-order chi connectivity index (χ0) is 13.8. The van der Waals surface area contributed by atoms with Crippen LogP contribution in [0.25, 0.3) is 0 Å². The quantitative estimate of drug-likeness (QED) is 0.868.